The summed E-state index contributed by atoms with van der Waals surface area (Å²) in [5.74, 6) is 0.380. The fourth-order valence-corrected chi connectivity index (χ4v) is 5.33. The van der Waals surface area contributed by atoms with Gasteiger partial charge in [0.2, 0.25) is 10.0 Å². The molecular weight excluding hydrogens is 326 g/mol. The Morgan fingerprint density at radius 1 is 1.25 bits per heavy atom. The van der Waals surface area contributed by atoms with Gasteiger partial charge in [0.25, 0.3) is 0 Å². The zero-order valence-corrected chi connectivity index (χ0v) is 15.1. The lowest BCUT2D eigenvalue weighted by atomic mass is 10.1. The van der Waals surface area contributed by atoms with Crippen molar-refractivity contribution in [3.63, 3.8) is 0 Å². The van der Waals surface area contributed by atoms with Crippen molar-refractivity contribution in [2.75, 3.05) is 18.8 Å². The summed E-state index contributed by atoms with van der Waals surface area (Å²) in [5, 5.41) is 0. The average molecular weight is 351 g/mol. The van der Waals surface area contributed by atoms with Crippen molar-refractivity contribution in [3.05, 3.63) is 34.7 Å². The third-order valence-corrected chi connectivity index (χ3v) is 7.14. The van der Waals surface area contributed by atoms with E-state index >= 15 is 0 Å². The highest BCUT2D eigenvalue weighted by molar-refractivity contribution is 7.89. The predicted octanol–water partition coefficient (Wildman–Crippen LogP) is 2.34. The zero-order valence-electron chi connectivity index (χ0n) is 14.2. The highest BCUT2D eigenvalue weighted by Crippen LogP contribution is 2.26. The number of rotatable bonds is 5. The van der Waals surface area contributed by atoms with E-state index in [2.05, 4.69) is 4.98 Å². The fourth-order valence-electron chi connectivity index (χ4n) is 3.40. The first-order valence-corrected chi connectivity index (χ1v) is 10.2. The molecule has 0 saturated carbocycles. The number of H-pyrrole nitrogens is 1. The Labute approximate surface area is 142 Å². The van der Waals surface area contributed by atoms with Gasteiger partial charge in [0, 0.05) is 19.1 Å². The Bertz CT molecular complexity index is 861. The molecule has 1 aromatic carbocycles. The zero-order chi connectivity index (χ0) is 17.3. The van der Waals surface area contributed by atoms with Crippen LogP contribution in [0.15, 0.2) is 29.1 Å². The van der Waals surface area contributed by atoms with Gasteiger partial charge in [-0.3, -0.25) is 4.57 Å². The summed E-state index contributed by atoms with van der Waals surface area (Å²) in [5.41, 5.74) is 1.61. The molecule has 0 amide bonds. The maximum Gasteiger partial charge on any atom is 0.326 e. The van der Waals surface area contributed by atoms with Crippen LogP contribution in [0.3, 0.4) is 0 Å². The molecule has 1 unspecified atom stereocenters. The lowest BCUT2D eigenvalue weighted by molar-refractivity contribution is 0.273. The minimum Gasteiger partial charge on any atom is -0.306 e. The lowest BCUT2D eigenvalue weighted by Crippen LogP contribution is -2.42. The molecule has 1 atom stereocenters. The molecule has 6 nitrogen and oxygen atoms in total. The molecule has 2 aromatic rings. The van der Waals surface area contributed by atoms with Crippen molar-refractivity contribution in [1.82, 2.24) is 13.9 Å². The smallest absolute Gasteiger partial charge is 0.306 e. The summed E-state index contributed by atoms with van der Waals surface area (Å²) in [6.07, 6.45) is 2.20. The highest BCUT2D eigenvalue weighted by Gasteiger charge is 2.30. The molecule has 0 bridgehead atoms. The number of aromatic amines is 1. The van der Waals surface area contributed by atoms with E-state index in [4.69, 9.17) is 0 Å². The molecule has 2 heterocycles. The molecule has 132 valence electrons. The summed E-state index contributed by atoms with van der Waals surface area (Å²) < 4.78 is 28.3. The first-order chi connectivity index (χ1) is 11.4. The van der Waals surface area contributed by atoms with Gasteiger partial charge in [-0.25, -0.2) is 17.5 Å². The first kappa shape index (κ1) is 17.2. The van der Waals surface area contributed by atoms with Crippen LogP contribution in [0.4, 0.5) is 0 Å². The Balaban J connectivity index is 1.75. The minimum atomic E-state index is -3.20. The van der Waals surface area contributed by atoms with Crippen LogP contribution in [0.5, 0.6) is 0 Å². The summed E-state index contributed by atoms with van der Waals surface area (Å²) in [6.45, 7) is 4.94. The maximum atomic E-state index is 12.5. The minimum absolute atomic E-state index is 0.0451. The SMILES string of the molecule is CCC(C)CS(=O)(=O)N1CCC(n2c(=O)[nH]c3ccccc32)CC1. The van der Waals surface area contributed by atoms with E-state index in [0.29, 0.717) is 25.9 Å². The summed E-state index contributed by atoms with van der Waals surface area (Å²) in [7, 11) is -3.20. The Morgan fingerprint density at radius 3 is 2.58 bits per heavy atom. The summed E-state index contributed by atoms with van der Waals surface area (Å²) in [4.78, 5) is 15.2. The van der Waals surface area contributed by atoms with Crippen LogP contribution in [0.2, 0.25) is 0 Å². The van der Waals surface area contributed by atoms with Crippen LogP contribution >= 0.6 is 0 Å². The molecule has 1 aliphatic rings. The number of fused-ring (bicyclic) bond motifs is 1. The molecule has 24 heavy (non-hydrogen) atoms. The van der Waals surface area contributed by atoms with Crippen molar-refractivity contribution in [2.45, 2.75) is 39.2 Å². The van der Waals surface area contributed by atoms with Crippen molar-refractivity contribution < 1.29 is 8.42 Å². The number of hydrogen-bond donors (Lipinski definition) is 1. The molecule has 1 aromatic heterocycles. The van der Waals surface area contributed by atoms with E-state index in [1.165, 1.54) is 0 Å². The summed E-state index contributed by atoms with van der Waals surface area (Å²) >= 11 is 0. The van der Waals surface area contributed by atoms with Crippen molar-refractivity contribution >= 4 is 21.1 Å². The van der Waals surface area contributed by atoms with Gasteiger partial charge >= 0.3 is 5.69 Å². The van der Waals surface area contributed by atoms with Gasteiger partial charge < -0.3 is 4.98 Å². The lowest BCUT2D eigenvalue weighted by Gasteiger charge is -2.32. The Kier molecular flexibility index (Phi) is 4.83. The second kappa shape index (κ2) is 6.72. The predicted molar refractivity (Wildman–Crippen MR) is 95.6 cm³/mol. The fraction of sp³-hybridized carbons (Fsp3) is 0.588. The standard InChI is InChI=1S/C17H25N3O3S/c1-3-13(2)12-24(22,23)19-10-8-14(9-11-19)20-16-7-5-4-6-15(16)18-17(20)21/h4-7,13-14H,3,8-12H2,1-2H3,(H,18,21). The van der Waals surface area contributed by atoms with Gasteiger partial charge in [0.15, 0.2) is 0 Å². The van der Waals surface area contributed by atoms with E-state index in [-0.39, 0.29) is 23.4 Å². The van der Waals surface area contributed by atoms with E-state index in [1.54, 1.807) is 8.87 Å². The molecule has 1 aliphatic heterocycles. The Morgan fingerprint density at radius 2 is 1.92 bits per heavy atom. The van der Waals surface area contributed by atoms with Crippen molar-refractivity contribution in [3.8, 4) is 0 Å². The molecule has 3 rings (SSSR count). The van der Waals surface area contributed by atoms with Crippen LogP contribution in [-0.4, -0.2) is 41.1 Å². The van der Waals surface area contributed by atoms with Crippen LogP contribution in [0, 0.1) is 5.92 Å². The Hall–Kier alpha value is -1.60. The number of aromatic nitrogens is 2. The van der Waals surface area contributed by atoms with Crippen LogP contribution < -0.4 is 5.69 Å². The quantitative estimate of drug-likeness (QED) is 0.898. The molecule has 0 spiro atoms. The molecule has 0 aliphatic carbocycles. The second-order valence-electron chi connectivity index (χ2n) is 6.74. The second-order valence-corrected chi connectivity index (χ2v) is 8.75. The van der Waals surface area contributed by atoms with Gasteiger partial charge in [0.05, 0.1) is 16.8 Å². The third-order valence-electron chi connectivity index (χ3n) is 5.00. The number of sulfonamides is 1. The molecule has 1 N–H and O–H groups in total. The molecule has 0 radical (unpaired) electrons. The van der Waals surface area contributed by atoms with Crippen LogP contribution in [0.25, 0.3) is 11.0 Å². The number of hydrogen-bond acceptors (Lipinski definition) is 3. The van der Waals surface area contributed by atoms with Gasteiger partial charge in [-0.05, 0) is 30.9 Å². The van der Waals surface area contributed by atoms with Crippen LogP contribution in [0.1, 0.15) is 39.2 Å². The molecule has 1 fully saturated rings. The first-order valence-electron chi connectivity index (χ1n) is 8.59. The van der Waals surface area contributed by atoms with E-state index < -0.39 is 10.0 Å². The van der Waals surface area contributed by atoms with Crippen LogP contribution in [-0.2, 0) is 10.0 Å². The number of benzene rings is 1. The van der Waals surface area contributed by atoms with Gasteiger partial charge in [-0.1, -0.05) is 32.4 Å². The monoisotopic (exact) mass is 351 g/mol. The largest absolute Gasteiger partial charge is 0.326 e. The number of imidazole rings is 1. The van der Waals surface area contributed by atoms with Gasteiger partial charge in [0.1, 0.15) is 0 Å². The molecule has 7 heteroatoms. The molecule has 1 saturated heterocycles. The van der Waals surface area contributed by atoms with Crippen molar-refractivity contribution in [1.29, 1.82) is 0 Å². The highest BCUT2D eigenvalue weighted by atomic mass is 32.2. The topological polar surface area (TPSA) is 75.2 Å². The van der Waals surface area contributed by atoms with E-state index in [1.807, 2.05) is 38.1 Å². The number of piperidine rings is 1. The number of para-hydroxylation sites is 2. The molecular formula is C17H25N3O3S. The van der Waals surface area contributed by atoms with Gasteiger partial charge in [-0.15, -0.1) is 0 Å². The van der Waals surface area contributed by atoms with E-state index in [0.717, 1.165) is 17.5 Å². The van der Waals surface area contributed by atoms with E-state index in [9.17, 15) is 13.2 Å². The average Bonchev–Trinajstić information content (AvgIpc) is 2.90. The number of nitrogens with zero attached hydrogens (tertiary/aromatic N) is 2. The van der Waals surface area contributed by atoms with Crippen molar-refractivity contribution in [2.24, 2.45) is 5.92 Å². The van der Waals surface area contributed by atoms with Gasteiger partial charge in [-0.2, -0.15) is 0 Å². The summed E-state index contributed by atoms with van der Waals surface area (Å²) in [6, 6.07) is 7.67. The normalized spacial score (nSPS) is 18.9. The third kappa shape index (κ3) is 3.28. The number of nitrogens with one attached hydrogen (secondary N) is 1. The maximum absolute atomic E-state index is 12.5.